The Balaban J connectivity index is 1.59. The molecule has 2 aliphatic rings. The number of nitrogens with zero attached hydrogens (tertiary/aromatic N) is 7. The van der Waals surface area contributed by atoms with Gasteiger partial charge in [0.15, 0.2) is 22.4 Å². The number of Topliss-reactive ketones (excluding diaryl/α,β-unsaturated/α-hetero) is 1. The van der Waals surface area contributed by atoms with Gasteiger partial charge in [-0.1, -0.05) is 6.92 Å². The van der Waals surface area contributed by atoms with Gasteiger partial charge in [0, 0.05) is 18.1 Å². The van der Waals surface area contributed by atoms with Crippen molar-refractivity contribution < 1.29 is 9.53 Å². The molecule has 1 saturated heterocycles. The molecule has 0 aromatic carbocycles. The Morgan fingerprint density at radius 1 is 1.41 bits per heavy atom. The van der Waals surface area contributed by atoms with Crippen LogP contribution in [0.25, 0.3) is 5.69 Å². The van der Waals surface area contributed by atoms with Crippen molar-refractivity contribution in [2.45, 2.75) is 25.3 Å². The predicted molar refractivity (Wildman–Crippen MR) is 97.2 cm³/mol. The van der Waals surface area contributed by atoms with Crippen molar-refractivity contribution >= 4 is 22.9 Å². The van der Waals surface area contributed by atoms with Gasteiger partial charge in [-0.15, -0.1) is 21.5 Å². The first kappa shape index (κ1) is 16.5. The molecule has 0 amide bonds. The summed E-state index contributed by atoms with van der Waals surface area (Å²) in [5.41, 5.74) is 0.415. The van der Waals surface area contributed by atoms with E-state index in [1.807, 2.05) is 4.57 Å². The molecule has 1 fully saturated rings. The van der Waals surface area contributed by atoms with Gasteiger partial charge in [0.25, 0.3) is 0 Å². The van der Waals surface area contributed by atoms with Crippen LogP contribution < -0.4 is 4.90 Å². The normalized spacial score (nSPS) is 20.7. The number of ether oxygens (including phenoxy) is 1. The summed E-state index contributed by atoms with van der Waals surface area (Å²) in [7, 11) is 0. The van der Waals surface area contributed by atoms with Gasteiger partial charge in [-0.3, -0.25) is 9.36 Å². The van der Waals surface area contributed by atoms with Crippen LogP contribution in [-0.4, -0.2) is 55.3 Å². The van der Waals surface area contributed by atoms with Crippen LogP contribution in [0.4, 0.5) is 5.82 Å². The molecular weight excluding hydrogens is 366 g/mol. The van der Waals surface area contributed by atoms with Gasteiger partial charge in [0.2, 0.25) is 0 Å². The lowest BCUT2D eigenvalue weighted by atomic mass is 9.90. The smallest absolute Gasteiger partial charge is 0.198 e. The number of ketones is 1. The lowest BCUT2D eigenvalue weighted by Gasteiger charge is -2.49. The average molecular weight is 383 g/mol. The minimum absolute atomic E-state index is 0.0746. The Bertz CT molecular complexity index is 1000. The van der Waals surface area contributed by atoms with E-state index >= 15 is 0 Å². The van der Waals surface area contributed by atoms with Crippen LogP contribution in [0.1, 0.15) is 34.8 Å². The molecule has 0 N–H and O–H groups in total. The molecule has 1 atom stereocenters. The number of thiazole rings is 1. The molecule has 0 saturated carbocycles. The second-order valence-electron chi connectivity index (χ2n) is 6.55. The summed E-state index contributed by atoms with van der Waals surface area (Å²) < 4.78 is 7.72. The van der Waals surface area contributed by atoms with Crippen molar-refractivity contribution in [3.05, 3.63) is 40.8 Å². The first-order valence-electron chi connectivity index (χ1n) is 8.78. The van der Waals surface area contributed by atoms with E-state index in [0.717, 1.165) is 23.8 Å². The molecule has 1 unspecified atom stereocenters. The number of aromatic nitrogens is 6. The van der Waals surface area contributed by atoms with Gasteiger partial charge in [0.05, 0.1) is 25.8 Å². The summed E-state index contributed by atoms with van der Waals surface area (Å²) in [4.78, 5) is 27.9. The van der Waals surface area contributed by atoms with Gasteiger partial charge >= 0.3 is 0 Å². The standard InChI is InChI=1S/C17H17N7O2S/c1-2-17-9-26-5-4-24(17)14-11(23-10-20-22-16(17)23)8-19-13(21-14)7-12(25)15-18-3-6-27-15/h3,6,8,10H,2,4-5,7,9H2,1H3. The van der Waals surface area contributed by atoms with Gasteiger partial charge < -0.3 is 9.64 Å². The number of morpholine rings is 1. The third-order valence-electron chi connectivity index (χ3n) is 5.17. The van der Waals surface area contributed by atoms with E-state index in [1.165, 1.54) is 11.3 Å². The molecular formula is C17H17N7O2S. The fourth-order valence-electron chi connectivity index (χ4n) is 3.80. The second-order valence-corrected chi connectivity index (χ2v) is 7.44. The van der Waals surface area contributed by atoms with Crippen molar-refractivity contribution in [1.29, 1.82) is 0 Å². The number of hydrogen-bond acceptors (Lipinski definition) is 9. The summed E-state index contributed by atoms with van der Waals surface area (Å²) in [6.07, 6.45) is 5.99. The molecule has 5 rings (SSSR count). The Morgan fingerprint density at radius 3 is 3.15 bits per heavy atom. The fraction of sp³-hybridized carbons (Fsp3) is 0.412. The molecule has 0 aliphatic carbocycles. The first-order valence-corrected chi connectivity index (χ1v) is 9.66. The maximum Gasteiger partial charge on any atom is 0.198 e. The van der Waals surface area contributed by atoms with Gasteiger partial charge in [-0.05, 0) is 6.42 Å². The Labute approximate surface area is 159 Å². The second kappa shape index (κ2) is 6.17. The summed E-state index contributed by atoms with van der Waals surface area (Å²) >= 11 is 1.33. The number of carbonyl (C=O) groups excluding carboxylic acids is 1. The van der Waals surface area contributed by atoms with E-state index in [-0.39, 0.29) is 12.2 Å². The summed E-state index contributed by atoms with van der Waals surface area (Å²) in [5.74, 6) is 2.05. The van der Waals surface area contributed by atoms with E-state index in [0.29, 0.717) is 30.6 Å². The quantitative estimate of drug-likeness (QED) is 0.624. The maximum atomic E-state index is 12.4. The van der Waals surface area contributed by atoms with Crippen LogP contribution in [0.5, 0.6) is 0 Å². The summed E-state index contributed by atoms with van der Waals surface area (Å²) in [6, 6.07) is 0. The van der Waals surface area contributed by atoms with E-state index < -0.39 is 5.54 Å². The number of rotatable bonds is 4. The topological polar surface area (TPSA) is 98.9 Å². The predicted octanol–water partition coefficient (Wildman–Crippen LogP) is 1.39. The summed E-state index contributed by atoms with van der Waals surface area (Å²) in [6.45, 7) is 3.95. The van der Waals surface area contributed by atoms with Gasteiger partial charge in [0.1, 0.15) is 23.4 Å². The van der Waals surface area contributed by atoms with Gasteiger partial charge in [-0.2, -0.15) is 0 Å². The number of fused-ring (bicyclic) bond motifs is 6. The minimum Gasteiger partial charge on any atom is -0.377 e. The molecule has 10 heteroatoms. The lowest BCUT2D eigenvalue weighted by Crippen LogP contribution is -2.58. The molecule has 0 bridgehead atoms. The van der Waals surface area contributed by atoms with Crippen molar-refractivity contribution in [2.75, 3.05) is 24.7 Å². The van der Waals surface area contributed by atoms with E-state index in [9.17, 15) is 4.79 Å². The molecule has 9 nitrogen and oxygen atoms in total. The zero-order valence-corrected chi connectivity index (χ0v) is 15.5. The first-order chi connectivity index (χ1) is 13.2. The number of anilines is 1. The minimum atomic E-state index is -0.410. The lowest BCUT2D eigenvalue weighted by molar-refractivity contribution is 0.0390. The highest BCUT2D eigenvalue weighted by atomic mass is 32.1. The van der Waals surface area contributed by atoms with Crippen molar-refractivity contribution in [1.82, 2.24) is 29.7 Å². The monoisotopic (exact) mass is 383 g/mol. The SMILES string of the molecule is CCC12COCCN1c1nc(CC(=O)c3nccs3)ncc1-n1cnnc12. The zero-order valence-electron chi connectivity index (χ0n) is 14.7. The van der Waals surface area contributed by atoms with E-state index in [4.69, 9.17) is 9.72 Å². The number of carbonyl (C=O) groups is 1. The largest absolute Gasteiger partial charge is 0.377 e. The highest BCUT2D eigenvalue weighted by molar-refractivity contribution is 7.11. The Morgan fingerprint density at radius 2 is 2.33 bits per heavy atom. The molecule has 0 radical (unpaired) electrons. The zero-order chi connectivity index (χ0) is 18.4. The van der Waals surface area contributed by atoms with Crippen LogP contribution in [-0.2, 0) is 16.7 Å². The molecule has 3 aromatic heterocycles. The highest BCUT2D eigenvalue weighted by Crippen LogP contribution is 2.43. The third kappa shape index (κ3) is 2.40. The third-order valence-corrected chi connectivity index (χ3v) is 5.98. The van der Waals surface area contributed by atoms with Gasteiger partial charge in [-0.25, -0.2) is 15.0 Å². The molecule has 3 aromatic rings. The van der Waals surface area contributed by atoms with Crippen LogP contribution in [0, 0.1) is 0 Å². The van der Waals surface area contributed by atoms with Crippen molar-refractivity contribution in [2.24, 2.45) is 0 Å². The van der Waals surface area contributed by atoms with Crippen LogP contribution in [0.15, 0.2) is 24.1 Å². The summed E-state index contributed by atoms with van der Waals surface area (Å²) in [5, 5.41) is 10.7. The van der Waals surface area contributed by atoms with Crippen molar-refractivity contribution in [3.63, 3.8) is 0 Å². The van der Waals surface area contributed by atoms with Crippen LogP contribution in [0.2, 0.25) is 0 Å². The molecule has 138 valence electrons. The molecule has 27 heavy (non-hydrogen) atoms. The van der Waals surface area contributed by atoms with Crippen LogP contribution >= 0.6 is 11.3 Å². The van der Waals surface area contributed by atoms with E-state index in [2.05, 4.69) is 32.0 Å². The highest BCUT2D eigenvalue weighted by Gasteiger charge is 2.48. The average Bonchev–Trinajstić information content (AvgIpc) is 3.40. The van der Waals surface area contributed by atoms with Crippen LogP contribution in [0.3, 0.4) is 0 Å². The van der Waals surface area contributed by atoms with E-state index in [1.54, 1.807) is 24.1 Å². The Hall–Kier alpha value is -2.72. The van der Waals surface area contributed by atoms with Crippen molar-refractivity contribution in [3.8, 4) is 5.69 Å². The molecule has 5 heterocycles. The number of hydrogen-bond donors (Lipinski definition) is 0. The maximum absolute atomic E-state index is 12.4. The molecule has 2 aliphatic heterocycles. The molecule has 0 spiro atoms. The Kier molecular flexibility index (Phi) is 3.76. The fourth-order valence-corrected chi connectivity index (χ4v) is 4.37.